The van der Waals surface area contributed by atoms with Crippen LogP contribution in [0.1, 0.15) is 39.4 Å². The maximum absolute atomic E-state index is 12.7. The van der Waals surface area contributed by atoms with Crippen LogP contribution < -0.4 is 15.8 Å². The van der Waals surface area contributed by atoms with Crippen LogP contribution in [0.5, 0.6) is 5.75 Å². The van der Waals surface area contributed by atoms with Crippen LogP contribution in [-0.4, -0.2) is 60.5 Å². The lowest BCUT2D eigenvalue weighted by molar-refractivity contribution is 0.0628. The molecular formula is C20H24N4O5. The predicted molar refractivity (Wildman–Crippen MR) is 107 cm³/mol. The van der Waals surface area contributed by atoms with E-state index in [1.807, 2.05) is 30.3 Å². The zero-order valence-electron chi connectivity index (χ0n) is 16.6. The summed E-state index contributed by atoms with van der Waals surface area (Å²) >= 11 is 0. The molecule has 154 valence electrons. The minimum Gasteiger partial charge on any atom is -0.502 e. The molecule has 0 fully saturated rings. The summed E-state index contributed by atoms with van der Waals surface area (Å²) in [6.07, 6.45) is 1.29. The normalized spacial score (nSPS) is 14.5. The van der Waals surface area contributed by atoms with Crippen molar-refractivity contribution in [1.29, 1.82) is 0 Å². The first-order chi connectivity index (χ1) is 13.8. The van der Waals surface area contributed by atoms with Crippen LogP contribution in [0.4, 0.5) is 0 Å². The highest BCUT2D eigenvalue weighted by Gasteiger charge is 2.33. The molecule has 0 saturated carbocycles. The number of aromatic nitrogens is 1. The molecule has 0 unspecified atom stereocenters. The molecule has 1 aliphatic heterocycles. The van der Waals surface area contributed by atoms with Crippen molar-refractivity contribution in [3.05, 3.63) is 63.6 Å². The fraction of sp³-hybridized carbons (Fsp3) is 0.350. The van der Waals surface area contributed by atoms with Gasteiger partial charge in [0.1, 0.15) is 12.2 Å². The molecule has 1 atom stereocenters. The Hall–Kier alpha value is -3.33. The first kappa shape index (κ1) is 20.4. The number of ether oxygens (including phenoxy) is 1. The van der Waals surface area contributed by atoms with Crippen LogP contribution in [0.25, 0.3) is 0 Å². The van der Waals surface area contributed by atoms with Gasteiger partial charge in [-0.15, -0.1) is 0 Å². The summed E-state index contributed by atoms with van der Waals surface area (Å²) in [5.41, 5.74) is -0.417. The molecule has 2 amide bonds. The summed E-state index contributed by atoms with van der Waals surface area (Å²) < 4.78 is 6.34. The first-order valence-corrected chi connectivity index (χ1v) is 9.19. The smallest absolute Gasteiger partial charge is 0.277 e. The van der Waals surface area contributed by atoms with E-state index in [1.54, 1.807) is 19.0 Å². The van der Waals surface area contributed by atoms with Crippen LogP contribution in [0, 0.1) is 0 Å². The van der Waals surface area contributed by atoms with Gasteiger partial charge >= 0.3 is 0 Å². The second-order valence-electron chi connectivity index (χ2n) is 6.88. The molecule has 3 rings (SSSR count). The molecule has 0 spiro atoms. The van der Waals surface area contributed by atoms with Crippen molar-refractivity contribution in [1.82, 2.24) is 14.9 Å². The highest BCUT2D eigenvalue weighted by molar-refractivity contribution is 5.99. The zero-order valence-corrected chi connectivity index (χ0v) is 16.6. The van der Waals surface area contributed by atoms with Crippen molar-refractivity contribution < 1.29 is 19.4 Å². The highest BCUT2D eigenvalue weighted by atomic mass is 16.5. The number of carbonyl (C=O) groups is 2. The molecule has 1 aliphatic rings. The number of fused-ring (bicyclic) bond motifs is 1. The third-order valence-electron chi connectivity index (χ3n) is 4.85. The van der Waals surface area contributed by atoms with Gasteiger partial charge in [-0.25, -0.2) is 0 Å². The Bertz CT molecular complexity index is 973. The standard InChI is InChI=1S/C20H24N4O5/c1-13(14-7-5-4-6-8-14)21-19(27)15-11-24-16(18(26)17(15)25)20(28)23(9-10-29-3)12-22(24)2/h4-8,11,13,26H,9-10,12H2,1-3H3,(H,21,27)/t13-/m1/s1. The number of hydrogen-bond acceptors (Lipinski definition) is 6. The summed E-state index contributed by atoms with van der Waals surface area (Å²) in [6, 6.07) is 8.97. The molecule has 9 heteroatoms. The number of methoxy groups -OCH3 is 1. The third kappa shape index (κ3) is 3.95. The lowest BCUT2D eigenvalue weighted by Crippen LogP contribution is -2.53. The van der Waals surface area contributed by atoms with Gasteiger partial charge in [0.05, 0.1) is 12.6 Å². The Morgan fingerprint density at radius 3 is 2.62 bits per heavy atom. The topological polar surface area (TPSA) is 104 Å². The maximum Gasteiger partial charge on any atom is 0.277 e. The van der Waals surface area contributed by atoms with Gasteiger partial charge in [0.2, 0.25) is 5.43 Å². The van der Waals surface area contributed by atoms with E-state index in [4.69, 9.17) is 4.74 Å². The van der Waals surface area contributed by atoms with E-state index in [2.05, 4.69) is 5.32 Å². The summed E-state index contributed by atoms with van der Waals surface area (Å²) in [4.78, 5) is 39.5. The summed E-state index contributed by atoms with van der Waals surface area (Å²) in [7, 11) is 3.21. The van der Waals surface area contributed by atoms with Gasteiger partial charge in [0.25, 0.3) is 11.8 Å². The molecule has 0 saturated heterocycles. The Kier molecular flexibility index (Phi) is 5.88. The van der Waals surface area contributed by atoms with Crippen molar-refractivity contribution >= 4 is 11.8 Å². The van der Waals surface area contributed by atoms with E-state index in [9.17, 15) is 19.5 Å². The van der Waals surface area contributed by atoms with E-state index >= 15 is 0 Å². The molecule has 2 aromatic rings. The molecule has 9 nitrogen and oxygen atoms in total. The molecule has 0 radical (unpaired) electrons. The van der Waals surface area contributed by atoms with Crippen LogP contribution in [0.15, 0.2) is 41.3 Å². The summed E-state index contributed by atoms with van der Waals surface area (Å²) in [6.45, 7) is 2.65. The molecule has 29 heavy (non-hydrogen) atoms. The number of aromatic hydroxyl groups is 1. The molecule has 0 bridgehead atoms. The lowest BCUT2D eigenvalue weighted by atomic mass is 10.1. The van der Waals surface area contributed by atoms with Crippen LogP contribution >= 0.6 is 0 Å². The van der Waals surface area contributed by atoms with E-state index in [-0.39, 0.29) is 24.0 Å². The fourth-order valence-corrected chi connectivity index (χ4v) is 3.22. The van der Waals surface area contributed by atoms with Crippen LogP contribution in [-0.2, 0) is 4.74 Å². The zero-order chi connectivity index (χ0) is 21.1. The average Bonchev–Trinajstić information content (AvgIpc) is 2.72. The lowest BCUT2D eigenvalue weighted by Gasteiger charge is -2.37. The number of nitrogens with zero attached hydrogens (tertiary/aromatic N) is 3. The second kappa shape index (κ2) is 8.36. The molecule has 0 aliphatic carbocycles. The quantitative estimate of drug-likeness (QED) is 0.739. The molecule has 1 aromatic carbocycles. The third-order valence-corrected chi connectivity index (χ3v) is 4.85. The van der Waals surface area contributed by atoms with Crippen LogP contribution in [0.2, 0.25) is 0 Å². The van der Waals surface area contributed by atoms with Gasteiger partial charge < -0.3 is 20.1 Å². The van der Waals surface area contributed by atoms with E-state index in [0.717, 1.165) is 5.56 Å². The van der Waals surface area contributed by atoms with Crippen molar-refractivity contribution in [2.45, 2.75) is 13.0 Å². The summed E-state index contributed by atoms with van der Waals surface area (Å²) in [5, 5.41) is 14.8. The van der Waals surface area contributed by atoms with Gasteiger partial charge in [-0.05, 0) is 12.5 Å². The Balaban J connectivity index is 1.92. The van der Waals surface area contributed by atoms with Crippen molar-refractivity contribution in [3.8, 4) is 5.75 Å². The fourth-order valence-electron chi connectivity index (χ4n) is 3.22. The predicted octanol–water partition coefficient (Wildman–Crippen LogP) is 0.672. The van der Waals surface area contributed by atoms with Crippen molar-refractivity contribution in [3.63, 3.8) is 0 Å². The Labute approximate surface area is 168 Å². The number of benzene rings is 1. The number of pyridine rings is 1. The second-order valence-corrected chi connectivity index (χ2v) is 6.88. The number of amides is 2. The van der Waals surface area contributed by atoms with Gasteiger partial charge in [0, 0.05) is 26.9 Å². The summed E-state index contributed by atoms with van der Waals surface area (Å²) in [5.74, 6) is -1.87. The molecule has 2 N–H and O–H groups in total. The average molecular weight is 400 g/mol. The minimum atomic E-state index is -0.885. The monoisotopic (exact) mass is 400 g/mol. The van der Waals surface area contributed by atoms with Crippen molar-refractivity contribution in [2.75, 3.05) is 39.0 Å². The van der Waals surface area contributed by atoms with E-state index in [0.29, 0.717) is 13.2 Å². The number of rotatable bonds is 6. The van der Waals surface area contributed by atoms with Crippen LogP contribution in [0.3, 0.4) is 0 Å². The van der Waals surface area contributed by atoms with Gasteiger partial charge in [0.15, 0.2) is 11.4 Å². The number of carbonyl (C=O) groups excluding carboxylic acids is 2. The number of hydrogen-bond donors (Lipinski definition) is 2. The maximum atomic E-state index is 12.7. The highest BCUT2D eigenvalue weighted by Crippen LogP contribution is 2.21. The molecule has 1 aromatic heterocycles. The van der Waals surface area contributed by atoms with Gasteiger partial charge in [-0.2, -0.15) is 0 Å². The Morgan fingerprint density at radius 1 is 1.28 bits per heavy atom. The minimum absolute atomic E-state index is 0.174. The van der Waals surface area contributed by atoms with Gasteiger partial charge in [-0.1, -0.05) is 30.3 Å². The SMILES string of the molecule is COCCN1CN(C)n2cc(C(=O)N[C@H](C)c3ccccc3)c(=O)c(O)c2C1=O. The largest absolute Gasteiger partial charge is 0.502 e. The van der Waals surface area contributed by atoms with Crippen molar-refractivity contribution in [2.24, 2.45) is 0 Å². The van der Waals surface area contributed by atoms with Gasteiger partial charge in [-0.3, -0.25) is 24.1 Å². The van der Waals surface area contributed by atoms with E-state index in [1.165, 1.54) is 22.9 Å². The van der Waals surface area contributed by atoms with E-state index < -0.39 is 23.0 Å². The molecular weight excluding hydrogens is 376 g/mol. The number of nitrogens with one attached hydrogen (secondary N) is 1. The first-order valence-electron chi connectivity index (χ1n) is 9.19. The molecule has 2 heterocycles. The Morgan fingerprint density at radius 2 is 1.97 bits per heavy atom.